The monoisotopic (exact) mass is 298 g/mol. The van der Waals surface area contributed by atoms with Crippen molar-refractivity contribution >= 4 is 33.1 Å². The fourth-order valence-corrected chi connectivity index (χ4v) is 2.56. The van der Waals surface area contributed by atoms with Crippen molar-refractivity contribution in [1.29, 1.82) is 0 Å². The Morgan fingerprint density at radius 1 is 0.739 bits per heavy atom. The number of hydrogen-bond acceptors (Lipinski definition) is 3. The van der Waals surface area contributed by atoms with Crippen molar-refractivity contribution in [3.05, 3.63) is 79.0 Å². The van der Waals surface area contributed by atoms with Gasteiger partial charge in [-0.2, -0.15) is 0 Å². The second-order valence-electron chi connectivity index (χ2n) is 5.23. The van der Waals surface area contributed by atoms with Crippen LogP contribution >= 0.6 is 0 Å². The Balaban J connectivity index is 1.60. The van der Waals surface area contributed by atoms with Crippen LogP contribution < -0.4 is 5.43 Å². The molecule has 4 rings (SSSR count). The van der Waals surface area contributed by atoms with E-state index < -0.39 is 0 Å². The number of nitrogens with zero attached hydrogens (tertiary/aromatic N) is 3. The third kappa shape index (κ3) is 2.74. The Hall–Kier alpha value is -3.27. The van der Waals surface area contributed by atoms with Crippen molar-refractivity contribution in [2.24, 2.45) is 10.3 Å². The molecule has 23 heavy (non-hydrogen) atoms. The molecule has 4 nitrogen and oxygen atoms in total. The summed E-state index contributed by atoms with van der Waals surface area (Å²) in [5.41, 5.74) is 5.48. The van der Waals surface area contributed by atoms with Crippen molar-refractivity contribution in [3.8, 4) is 0 Å². The predicted octanol–water partition coefficient (Wildman–Crippen LogP) is 5.50. The van der Waals surface area contributed by atoms with E-state index in [0.29, 0.717) is 0 Å². The fraction of sp³-hybridized carbons (Fsp3) is 0. The van der Waals surface area contributed by atoms with Crippen LogP contribution in [-0.4, -0.2) is 4.98 Å². The lowest BCUT2D eigenvalue weighted by molar-refractivity contribution is 1.13. The van der Waals surface area contributed by atoms with Crippen molar-refractivity contribution in [3.63, 3.8) is 0 Å². The number of pyridine rings is 1. The topological polar surface area (TPSA) is 49.6 Å². The number of nitrogens with one attached hydrogen (secondary N) is 1. The summed E-state index contributed by atoms with van der Waals surface area (Å²) < 4.78 is 0. The van der Waals surface area contributed by atoms with Gasteiger partial charge in [0, 0.05) is 11.6 Å². The first-order chi connectivity index (χ1) is 11.4. The molecule has 0 bridgehead atoms. The fourth-order valence-electron chi connectivity index (χ4n) is 2.56. The van der Waals surface area contributed by atoms with Crippen molar-refractivity contribution in [1.82, 2.24) is 4.98 Å². The number of rotatable bonds is 3. The average Bonchev–Trinajstić information content (AvgIpc) is 2.62. The molecule has 1 N–H and O–H groups in total. The van der Waals surface area contributed by atoms with Gasteiger partial charge in [-0.25, -0.2) is 0 Å². The van der Waals surface area contributed by atoms with Gasteiger partial charge in [0.05, 0.1) is 11.2 Å². The number of hydrogen-bond donors (Lipinski definition) is 1. The summed E-state index contributed by atoms with van der Waals surface area (Å²) in [6.07, 6.45) is 1.76. The molecule has 0 saturated heterocycles. The molecule has 0 atom stereocenters. The minimum Gasteiger partial charge on any atom is -0.260 e. The first kappa shape index (κ1) is 13.4. The number of para-hydroxylation sites is 1. The maximum atomic E-state index is 4.37. The predicted molar refractivity (Wildman–Crippen MR) is 93.8 cm³/mol. The van der Waals surface area contributed by atoms with Crippen LogP contribution in [0.1, 0.15) is 0 Å². The van der Waals surface area contributed by atoms with E-state index in [2.05, 4.69) is 45.0 Å². The van der Waals surface area contributed by atoms with Gasteiger partial charge in [0.25, 0.3) is 0 Å². The van der Waals surface area contributed by atoms with Gasteiger partial charge in [0.2, 0.25) is 0 Å². The van der Waals surface area contributed by atoms with Crippen LogP contribution in [0, 0.1) is 0 Å². The summed E-state index contributed by atoms with van der Waals surface area (Å²) in [4.78, 5) is 4.37. The maximum Gasteiger partial charge on any atom is 0.114 e. The van der Waals surface area contributed by atoms with Gasteiger partial charge in [0.1, 0.15) is 5.69 Å². The normalized spacial score (nSPS) is 11.3. The van der Waals surface area contributed by atoms with E-state index in [4.69, 9.17) is 0 Å². The van der Waals surface area contributed by atoms with E-state index in [1.165, 1.54) is 10.8 Å². The molecule has 1 aromatic heterocycles. The van der Waals surface area contributed by atoms with E-state index in [1.807, 2.05) is 48.5 Å². The van der Waals surface area contributed by atoms with Gasteiger partial charge >= 0.3 is 0 Å². The van der Waals surface area contributed by atoms with Crippen molar-refractivity contribution in [2.45, 2.75) is 0 Å². The molecule has 0 amide bonds. The minimum absolute atomic E-state index is 0.747. The lowest BCUT2D eigenvalue weighted by Crippen LogP contribution is -1.86. The highest BCUT2D eigenvalue weighted by atomic mass is 15.4. The lowest BCUT2D eigenvalue weighted by atomic mass is 10.1. The maximum absolute atomic E-state index is 4.37. The van der Waals surface area contributed by atoms with Crippen LogP contribution in [0.15, 0.2) is 89.3 Å². The smallest absolute Gasteiger partial charge is 0.114 e. The molecule has 1 heterocycles. The van der Waals surface area contributed by atoms with Gasteiger partial charge in [-0.15, -0.1) is 5.11 Å². The Labute approximate surface area is 133 Å². The first-order valence-electron chi connectivity index (χ1n) is 7.39. The molecule has 0 unspecified atom stereocenters. The van der Waals surface area contributed by atoms with Gasteiger partial charge < -0.3 is 0 Å². The molecule has 0 saturated carbocycles. The third-order valence-electron chi connectivity index (χ3n) is 3.70. The largest absolute Gasteiger partial charge is 0.260 e. The molecule has 0 spiro atoms. The molecule has 0 aliphatic rings. The summed E-state index contributed by atoms with van der Waals surface area (Å²) in [5, 5.41) is 11.8. The molecule has 3 aromatic carbocycles. The third-order valence-corrected chi connectivity index (χ3v) is 3.70. The van der Waals surface area contributed by atoms with E-state index in [9.17, 15) is 0 Å². The SMILES string of the molecule is c1ccc2cc(NN=Nc3cccc4cccnc34)ccc2c1. The Morgan fingerprint density at radius 3 is 2.52 bits per heavy atom. The van der Waals surface area contributed by atoms with Crippen LogP contribution in [0.5, 0.6) is 0 Å². The van der Waals surface area contributed by atoms with Gasteiger partial charge in [-0.05, 0) is 35.0 Å². The Bertz CT molecular complexity index is 1000. The van der Waals surface area contributed by atoms with E-state index in [1.54, 1.807) is 6.20 Å². The molecular formula is C19H14N4. The second-order valence-corrected chi connectivity index (χ2v) is 5.23. The zero-order valence-corrected chi connectivity index (χ0v) is 12.3. The molecule has 0 aliphatic heterocycles. The molecule has 0 aliphatic carbocycles. The highest BCUT2D eigenvalue weighted by Crippen LogP contribution is 2.24. The van der Waals surface area contributed by atoms with Crippen molar-refractivity contribution < 1.29 is 0 Å². The van der Waals surface area contributed by atoms with Gasteiger partial charge in [-0.3, -0.25) is 10.4 Å². The highest BCUT2D eigenvalue weighted by Gasteiger charge is 2.00. The van der Waals surface area contributed by atoms with Gasteiger partial charge in [0.15, 0.2) is 0 Å². The minimum atomic E-state index is 0.747. The number of aromatic nitrogens is 1. The van der Waals surface area contributed by atoms with E-state index in [-0.39, 0.29) is 0 Å². The summed E-state index contributed by atoms with van der Waals surface area (Å²) in [5.74, 6) is 0. The van der Waals surface area contributed by atoms with Crippen molar-refractivity contribution in [2.75, 3.05) is 5.43 Å². The molecule has 0 fully saturated rings. The molecule has 0 radical (unpaired) electrons. The number of benzene rings is 3. The summed E-state index contributed by atoms with van der Waals surface area (Å²) in [6.45, 7) is 0. The zero-order valence-electron chi connectivity index (χ0n) is 12.3. The molecule has 4 aromatic rings. The highest BCUT2D eigenvalue weighted by molar-refractivity contribution is 5.88. The summed E-state index contributed by atoms with van der Waals surface area (Å²) in [7, 11) is 0. The van der Waals surface area contributed by atoms with Gasteiger partial charge in [-0.1, -0.05) is 53.8 Å². The first-order valence-corrected chi connectivity index (χ1v) is 7.39. The summed E-state index contributed by atoms with van der Waals surface area (Å²) in [6, 6.07) is 24.1. The Kier molecular flexibility index (Phi) is 3.41. The van der Waals surface area contributed by atoms with Crippen LogP contribution in [0.2, 0.25) is 0 Å². The second kappa shape index (κ2) is 5.85. The summed E-state index contributed by atoms with van der Waals surface area (Å²) >= 11 is 0. The lowest BCUT2D eigenvalue weighted by Gasteiger charge is -2.02. The number of fused-ring (bicyclic) bond motifs is 2. The average molecular weight is 298 g/mol. The van der Waals surface area contributed by atoms with E-state index >= 15 is 0 Å². The van der Waals surface area contributed by atoms with Crippen LogP contribution in [0.3, 0.4) is 0 Å². The Morgan fingerprint density at radius 2 is 1.57 bits per heavy atom. The zero-order chi connectivity index (χ0) is 15.5. The van der Waals surface area contributed by atoms with E-state index in [0.717, 1.165) is 22.3 Å². The number of anilines is 1. The molecule has 110 valence electrons. The molecule has 4 heteroatoms. The quantitative estimate of drug-likeness (QED) is 0.401. The standard InChI is InChI=1S/C19H14N4/c1-2-6-16-13-17(11-10-14(16)5-1)21-23-22-18-9-3-7-15-8-4-12-20-19(15)18/h1-13H,(H,21,22). The molecular weight excluding hydrogens is 284 g/mol. The van der Waals surface area contributed by atoms with Crippen LogP contribution in [0.25, 0.3) is 21.7 Å². The van der Waals surface area contributed by atoms with Crippen LogP contribution in [-0.2, 0) is 0 Å². The van der Waals surface area contributed by atoms with Crippen LogP contribution in [0.4, 0.5) is 11.4 Å².